The van der Waals surface area contributed by atoms with Crippen molar-refractivity contribution >= 4 is 17.3 Å². The van der Waals surface area contributed by atoms with Gasteiger partial charge in [0.05, 0.1) is 0 Å². The largest absolute Gasteiger partial charge is 0.398 e. The summed E-state index contributed by atoms with van der Waals surface area (Å²) in [6, 6.07) is 3.86. The topological polar surface area (TPSA) is 55.1 Å². The Morgan fingerprint density at radius 2 is 2.00 bits per heavy atom. The van der Waals surface area contributed by atoms with Crippen LogP contribution >= 0.6 is 0 Å². The lowest BCUT2D eigenvalue weighted by Gasteiger charge is -2.14. The SMILES string of the molecule is Cc1cc(C)c(NC(=O)C(C)C2CC2)cc1N. The van der Waals surface area contributed by atoms with Crippen molar-refractivity contribution in [3.63, 3.8) is 0 Å². The zero-order valence-electron chi connectivity index (χ0n) is 10.7. The molecular formula is C14H20N2O. The zero-order valence-corrected chi connectivity index (χ0v) is 10.7. The number of nitrogen functional groups attached to an aromatic ring is 1. The first-order chi connectivity index (χ1) is 7.99. The van der Waals surface area contributed by atoms with Crippen molar-refractivity contribution < 1.29 is 4.79 Å². The summed E-state index contributed by atoms with van der Waals surface area (Å²) < 4.78 is 0. The van der Waals surface area contributed by atoms with E-state index in [9.17, 15) is 4.79 Å². The minimum absolute atomic E-state index is 0.108. The lowest BCUT2D eigenvalue weighted by molar-refractivity contribution is -0.119. The van der Waals surface area contributed by atoms with Crippen molar-refractivity contribution in [3.05, 3.63) is 23.3 Å². The van der Waals surface area contributed by atoms with Crippen LogP contribution in [-0.4, -0.2) is 5.91 Å². The molecule has 0 aliphatic heterocycles. The Kier molecular flexibility index (Phi) is 3.09. The van der Waals surface area contributed by atoms with Gasteiger partial charge in [-0.15, -0.1) is 0 Å². The Bertz CT molecular complexity index is 450. The molecule has 1 aliphatic carbocycles. The van der Waals surface area contributed by atoms with Gasteiger partial charge in [0, 0.05) is 17.3 Å². The van der Waals surface area contributed by atoms with Gasteiger partial charge in [-0.25, -0.2) is 0 Å². The first-order valence-corrected chi connectivity index (χ1v) is 6.16. The standard InChI is InChI=1S/C14H20N2O/c1-8-6-9(2)13(7-12(8)15)16-14(17)10(3)11-4-5-11/h6-7,10-11H,4-5,15H2,1-3H3,(H,16,17). The Morgan fingerprint density at radius 3 is 2.59 bits per heavy atom. The molecule has 1 atom stereocenters. The normalized spacial score (nSPS) is 16.6. The number of carbonyl (C=O) groups excluding carboxylic acids is 1. The maximum atomic E-state index is 12.0. The van der Waals surface area contributed by atoms with Crippen LogP contribution in [0.2, 0.25) is 0 Å². The van der Waals surface area contributed by atoms with Crippen LogP contribution in [0.1, 0.15) is 30.9 Å². The van der Waals surface area contributed by atoms with Crippen LogP contribution in [0, 0.1) is 25.7 Å². The molecule has 17 heavy (non-hydrogen) atoms. The van der Waals surface area contributed by atoms with E-state index in [2.05, 4.69) is 5.32 Å². The molecule has 2 rings (SSSR count). The molecule has 1 aromatic rings. The van der Waals surface area contributed by atoms with Crippen molar-refractivity contribution in [1.29, 1.82) is 0 Å². The molecule has 0 bridgehead atoms. The second kappa shape index (κ2) is 4.40. The summed E-state index contributed by atoms with van der Waals surface area (Å²) in [5.41, 5.74) is 9.54. The Morgan fingerprint density at radius 1 is 1.35 bits per heavy atom. The van der Waals surface area contributed by atoms with Gasteiger partial charge < -0.3 is 11.1 Å². The molecule has 3 nitrogen and oxygen atoms in total. The maximum absolute atomic E-state index is 12.0. The quantitative estimate of drug-likeness (QED) is 0.787. The summed E-state index contributed by atoms with van der Waals surface area (Å²) in [5, 5.41) is 2.98. The highest BCUT2D eigenvalue weighted by Gasteiger charge is 2.32. The fraction of sp³-hybridized carbons (Fsp3) is 0.500. The molecule has 1 saturated carbocycles. The molecule has 1 unspecified atom stereocenters. The van der Waals surface area contributed by atoms with E-state index in [1.165, 1.54) is 12.8 Å². The number of rotatable bonds is 3. The highest BCUT2D eigenvalue weighted by atomic mass is 16.1. The van der Waals surface area contributed by atoms with Gasteiger partial charge in [-0.2, -0.15) is 0 Å². The number of benzene rings is 1. The van der Waals surface area contributed by atoms with Gasteiger partial charge in [0.2, 0.25) is 5.91 Å². The van der Waals surface area contributed by atoms with Crippen molar-refractivity contribution in [2.24, 2.45) is 11.8 Å². The Balaban J connectivity index is 2.12. The highest BCUT2D eigenvalue weighted by molar-refractivity contribution is 5.94. The average molecular weight is 232 g/mol. The Hall–Kier alpha value is -1.51. The molecule has 0 saturated heterocycles. The molecule has 0 spiro atoms. The molecule has 0 radical (unpaired) electrons. The molecule has 0 heterocycles. The van der Waals surface area contributed by atoms with Gasteiger partial charge in [-0.3, -0.25) is 4.79 Å². The molecule has 0 aromatic heterocycles. The van der Waals surface area contributed by atoms with E-state index in [1.54, 1.807) is 0 Å². The molecule has 3 N–H and O–H groups in total. The Labute approximate surface area is 102 Å². The van der Waals surface area contributed by atoms with Crippen LogP contribution < -0.4 is 11.1 Å². The third-order valence-corrected chi connectivity index (χ3v) is 3.61. The lowest BCUT2D eigenvalue weighted by Crippen LogP contribution is -2.22. The van der Waals surface area contributed by atoms with Crippen LogP contribution in [0.25, 0.3) is 0 Å². The van der Waals surface area contributed by atoms with Gasteiger partial charge in [-0.05, 0) is 49.8 Å². The molecule has 3 heteroatoms. The number of aryl methyl sites for hydroxylation is 2. The van der Waals surface area contributed by atoms with E-state index in [1.807, 2.05) is 32.9 Å². The summed E-state index contributed by atoms with van der Waals surface area (Å²) in [6.45, 7) is 5.96. The number of carbonyl (C=O) groups is 1. The summed E-state index contributed by atoms with van der Waals surface area (Å²) in [5.74, 6) is 0.800. The minimum Gasteiger partial charge on any atom is -0.398 e. The van der Waals surface area contributed by atoms with Gasteiger partial charge in [0.1, 0.15) is 0 Å². The van der Waals surface area contributed by atoms with Gasteiger partial charge in [0.25, 0.3) is 0 Å². The van der Waals surface area contributed by atoms with Crippen LogP contribution in [0.15, 0.2) is 12.1 Å². The average Bonchev–Trinajstić information content (AvgIpc) is 3.08. The molecule has 1 fully saturated rings. The first-order valence-electron chi connectivity index (χ1n) is 6.16. The van der Waals surface area contributed by atoms with Crippen molar-refractivity contribution in [2.75, 3.05) is 11.1 Å². The van der Waals surface area contributed by atoms with E-state index >= 15 is 0 Å². The fourth-order valence-electron chi connectivity index (χ4n) is 2.06. The van der Waals surface area contributed by atoms with E-state index in [0.717, 1.165) is 22.5 Å². The van der Waals surface area contributed by atoms with Crippen molar-refractivity contribution in [1.82, 2.24) is 0 Å². The highest BCUT2D eigenvalue weighted by Crippen LogP contribution is 2.37. The monoisotopic (exact) mass is 232 g/mol. The maximum Gasteiger partial charge on any atom is 0.227 e. The number of hydrogen-bond donors (Lipinski definition) is 2. The molecular weight excluding hydrogens is 212 g/mol. The third-order valence-electron chi connectivity index (χ3n) is 3.61. The van der Waals surface area contributed by atoms with Gasteiger partial charge in [-0.1, -0.05) is 13.0 Å². The first kappa shape index (κ1) is 12.0. The summed E-state index contributed by atoms with van der Waals surface area (Å²) in [4.78, 5) is 12.0. The second-order valence-corrected chi connectivity index (χ2v) is 5.14. The fourth-order valence-corrected chi connectivity index (χ4v) is 2.06. The van der Waals surface area contributed by atoms with E-state index in [0.29, 0.717) is 5.92 Å². The molecule has 1 amide bonds. The van der Waals surface area contributed by atoms with E-state index in [4.69, 9.17) is 5.73 Å². The smallest absolute Gasteiger partial charge is 0.227 e. The lowest BCUT2D eigenvalue weighted by atomic mass is 10.0. The second-order valence-electron chi connectivity index (χ2n) is 5.14. The number of hydrogen-bond acceptors (Lipinski definition) is 2. The van der Waals surface area contributed by atoms with E-state index in [-0.39, 0.29) is 11.8 Å². The predicted octanol–water partition coefficient (Wildman–Crippen LogP) is 2.87. The molecule has 1 aromatic carbocycles. The number of nitrogens with two attached hydrogens (primary N) is 1. The van der Waals surface area contributed by atoms with Crippen LogP contribution in [-0.2, 0) is 4.79 Å². The molecule has 92 valence electrons. The summed E-state index contributed by atoms with van der Waals surface area (Å²) >= 11 is 0. The molecule has 1 aliphatic rings. The van der Waals surface area contributed by atoms with Crippen LogP contribution in [0.5, 0.6) is 0 Å². The predicted molar refractivity (Wildman–Crippen MR) is 70.8 cm³/mol. The third kappa shape index (κ3) is 2.60. The van der Waals surface area contributed by atoms with Gasteiger partial charge in [0.15, 0.2) is 0 Å². The number of nitrogens with one attached hydrogen (secondary N) is 1. The van der Waals surface area contributed by atoms with Gasteiger partial charge >= 0.3 is 0 Å². The number of anilines is 2. The van der Waals surface area contributed by atoms with Crippen LogP contribution in [0.4, 0.5) is 11.4 Å². The minimum atomic E-state index is 0.108. The van der Waals surface area contributed by atoms with Crippen molar-refractivity contribution in [3.8, 4) is 0 Å². The summed E-state index contributed by atoms with van der Waals surface area (Å²) in [7, 11) is 0. The zero-order chi connectivity index (χ0) is 12.6. The van der Waals surface area contributed by atoms with E-state index < -0.39 is 0 Å². The van der Waals surface area contributed by atoms with Crippen LogP contribution in [0.3, 0.4) is 0 Å². The number of amides is 1. The van der Waals surface area contributed by atoms with Crippen molar-refractivity contribution in [2.45, 2.75) is 33.6 Å². The summed E-state index contributed by atoms with van der Waals surface area (Å²) in [6.07, 6.45) is 2.37.